The normalized spacial score (nSPS) is 11.1. The maximum Gasteiger partial charge on any atom is 0.284 e. The minimum absolute atomic E-state index is 0.0678. The number of imidazole rings is 1. The number of hydrogen-bond donors (Lipinski definition) is 1. The van der Waals surface area contributed by atoms with E-state index in [1.807, 2.05) is 24.3 Å². The Kier molecular flexibility index (Phi) is 4.85. The van der Waals surface area contributed by atoms with Crippen LogP contribution in [-0.4, -0.2) is 26.6 Å². The Bertz CT molecular complexity index is 983. The monoisotopic (exact) mass is 401 g/mol. The van der Waals surface area contributed by atoms with Crippen LogP contribution < -0.4 is 5.43 Å². The van der Waals surface area contributed by atoms with E-state index in [0.29, 0.717) is 10.0 Å². The van der Waals surface area contributed by atoms with Crippen LogP contribution >= 0.6 is 15.9 Å². The molecule has 0 atom stereocenters. The van der Waals surface area contributed by atoms with Gasteiger partial charge in [-0.25, -0.2) is 10.4 Å². The van der Waals surface area contributed by atoms with Crippen molar-refractivity contribution in [1.29, 1.82) is 0 Å². The van der Waals surface area contributed by atoms with Gasteiger partial charge in [0.25, 0.3) is 11.6 Å². The summed E-state index contributed by atoms with van der Waals surface area (Å²) >= 11 is 3.11. The zero-order chi connectivity index (χ0) is 17.8. The van der Waals surface area contributed by atoms with Crippen molar-refractivity contribution < 1.29 is 9.72 Å². The van der Waals surface area contributed by atoms with Gasteiger partial charge >= 0.3 is 0 Å². The number of nitrogens with one attached hydrogen (secondary N) is 1. The summed E-state index contributed by atoms with van der Waals surface area (Å²) in [5.74, 6) is -0.328. The van der Waals surface area contributed by atoms with Gasteiger partial charge in [0.05, 0.1) is 33.0 Å². The molecule has 8 nitrogen and oxygen atoms in total. The molecular weight excluding hydrogens is 390 g/mol. The molecule has 1 aromatic heterocycles. The second kappa shape index (κ2) is 7.22. The van der Waals surface area contributed by atoms with Crippen LogP contribution in [0.4, 0.5) is 5.69 Å². The number of carbonyl (C=O) groups is 1. The molecule has 0 aliphatic rings. The molecule has 126 valence electrons. The quantitative estimate of drug-likeness (QED) is 0.403. The first kappa shape index (κ1) is 16.8. The minimum Gasteiger partial charge on any atom is -0.321 e. The van der Waals surface area contributed by atoms with Gasteiger partial charge < -0.3 is 4.57 Å². The Morgan fingerprint density at radius 2 is 2.16 bits per heavy atom. The number of halogens is 1. The number of rotatable bonds is 5. The van der Waals surface area contributed by atoms with Crippen molar-refractivity contribution in [3.8, 4) is 0 Å². The molecule has 1 heterocycles. The van der Waals surface area contributed by atoms with E-state index in [1.54, 1.807) is 23.0 Å². The van der Waals surface area contributed by atoms with Crippen LogP contribution in [-0.2, 0) is 11.3 Å². The first-order valence-corrected chi connectivity index (χ1v) is 7.99. The summed E-state index contributed by atoms with van der Waals surface area (Å²) in [5.41, 5.74) is 4.49. The zero-order valence-corrected chi connectivity index (χ0v) is 14.4. The van der Waals surface area contributed by atoms with Crippen molar-refractivity contribution in [2.45, 2.75) is 6.54 Å². The van der Waals surface area contributed by atoms with Crippen molar-refractivity contribution in [1.82, 2.24) is 15.0 Å². The molecule has 3 aromatic rings. The third-order valence-electron chi connectivity index (χ3n) is 3.41. The molecule has 0 aliphatic carbocycles. The van der Waals surface area contributed by atoms with Crippen LogP contribution in [0.3, 0.4) is 0 Å². The first-order valence-electron chi connectivity index (χ1n) is 7.20. The summed E-state index contributed by atoms with van der Waals surface area (Å²) in [6.45, 7) is 0.0678. The van der Waals surface area contributed by atoms with Gasteiger partial charge in [0, 0.05) is 11.6 Å². The van der Waals surface area contributed by atoms with Crippen LogP contribution in [0.5, 0.6) is 0 Å². The average Bonchev–Trinajstić information content (AvgIpc) is 2.99. The number of hydrogen-bond acceptors (Lipinski definition) is 5. The second-order valence-electron chi connectivity index (χ2n) is 5.12. The molecule has 25 heavy (non-hydrogen) atoms. The lowest BCUT2D eigenvalue weighted by Crippen LogP contribution is -2.22. The number of nitro benzene ring substituents is 1. The fourth-order valence-electron chi connectivity index (χ4n) is 2.26. The van der Waals surface area contributed by atoms with Crippen molar-refractivity contribution in [3.63, 3.8) is 0 Å². The van der Waals surface area contributed by atoms with Gasteiger partial charge in [-0.2, -0.15) is 5.10 Å². The fraction of sp³-hybridized carbons (Fsp3) is 0.0625. The molecule has 0 unspecified atom stereocenters. The molecule has 1 N–H and O–H groups in total. The van der Waals surface area contributed by atoms with Crippen LogP contribution in [0.15, 0.2) is 58.4 Å². The maximum atomic E-state index is 12.0. The summed E-state index contributed by atoms with van der Waals surface area (Å²) in [6, 6.07) is 12.1. The second-order valence-corrected chi connectivity index (χ2v) is 5.98. The lowest BCUT2D eigenvalue weighted by molar-refractivity contribution is -0.385. The Balaban J connectivity index is 1.65. The number of hydrazone groups is 1. The maximum absolute atomic E-state index is 12.0. The molecule has 2 aromatic carbocycles. The number of para-hydroxylation sites is 2. The van der Waals surface area contributed by atoms with Crippen LogP contribution in [0.1, 0.15) is 5.56 Å². The van der Waals surface area contributed by atoms with Gasteiger partial charge in [-0.05, 0) is 34.1 Å². The van der Waals surface area contributed by atoms with E-state index >= 15 is 0 Å². The predicted molar refractivity (Wildman–Crippen MR) is 96.3 cm³/mol. The molecule has 1 amide bonds. The summed E-state index contributed by atoms with van der Waals surface area (Å²) in [6.07, 6.45) is 2.94. The van der Waals surface area contributed by atoms with E-state index in [-0.39, 0.29) is 18.1 Å². The molecule has 0 saturated carbocycles. The Morgan fingerprint density at radius 3 is 2.96 bits per heavy atom. The standard InChI is InChI=1S/C16H12BrN5O3/c17-12-6-5-11(7-15(12)22(24)25)8-19-20-16(23)9-21-10-18-13-3-1-2-4-14(13)21/h1-8,10H,9H2,(H,20,23)/b19-8-. The molecule has 0 saturated heterocycles. The van der Waals surface area contributed by atoms with Crippen molar-refractivity contribution in [2.75, 3.05) is 0 Å². The molecule has 9 heteroatoms. The summed E-state index contributed by atoms with van der Waals surface area (Å²) in [4.78, 5) is 26.6. The van der Waals surface area contributed by atoms with E-state index in [2.05, 4.69) is 31.4 Å². The Hall–Kier alpha value is -3.07. The van der Waals surface area contributed by atoms with Gasteiger partial charge in [-0.3, -0.25) is 14.9 Å². The summed E-state index contributed by atoms with van der Waals surface area (Å²) in [5, 5.41) is 14.7. The third-order valence-corrected chi connectivity index (χ3v) is 4.08. The highest BCUT2D eigenvalue weighted by atomic mass is 79.9. The highest BCUT2D eigenvalue weighted by molar-refractivity contribution is 9.10. The van der Waals surface area contributed by atoms with Gasteiger partial charge in [-0.15, -0.1) is 0 Å². The van der Waals surface area contributed by atoms with E-state index in [1.165, 1.54) is 12.3 Å². The predicted octanol–water partition coefficient (Wildman–Crippen LogP) is 2.86. The molecule has 0 bridgehead atoms. The lowest BCUT2D eigenvalue weighted by Gasteiger charge is -2.03. The first-order chi connectivity index (χ1) is 12.0. The van der Waals surface area contributed by atoms with Crippen LogP contribution in [0.25, 0.3) is 11.0 Å². The third kappa shape index (κ3) is 3.89. The number of amides is 1. The molecular formula is C16H12BrN5O3. The molecule has 0 aliphatic heterocycles. The average molecular weight is 402 g/mol. The van der Waals surface area contributed by atoms with Crippen LogP contribution in [0, 0.1) is 10.1 Å². The van der Waals surface area contributed by atoms with Crippen LogP contribution in [0.2, 0.25) is 0 Å². The minimum atomic E-state index is -0.496. The van der Waals surface area contributed by atoms with Gasteiger partial charge in [0.15, 0.2) is 0 Å². The molecule has 0 fully saturated rings. The van der Waals surface area contributed by atoms with E-state index in [4.69, 9.17) is 0 Å². The smallest absolute Gasteiger partial charge is 0.284 e. The number of benzene rings is 2. The van der Waals surface area contributed by atoms with Crippen molar-refractivity contribution in [2.24, 2.45) is 5.10 Å². The van der Waals surface area contributed by atoms with E-state index < -0.39 is 4.92 Å². The Morgan fingerprint density at radius 1 is 1.36 bits per heavy atom. The zero-order valence-electron chi connectivity index (χ0n) is 12.8. The molecule has 0 spiro atoms. The lowest BCUT2D eigenvalue weighted by atomic mass is 10.2. The fourth-order valence-corrected chi connectivity index (χ4v) is 2.65. The number of fused-ring (bicyclic) bond motifs is 1. The number of nitrogens with zero attached hydrogens (tertiary/aromatic N) is 4. The number of carbonyl (C=O) groups excluding carboxylic acids is 1. The van der Waals surface area contributed by atoms with E-state index in [0.717, 1.165) is 11.0 Å². The van der Waals surface area contributed by atoms with Gasteiger partial charge in [-0.1, -0.05) is 18.2 Å². The SMILES string of the molecule is O=C(Cn1cnc2ccccc21)N/N=C\c1ccc(Br)c([N+](=O)[O-])c1. The van der Waals surface area contributed by atoms with Crippen molar-refractivity contribution >= 4 is 44.8 Å². The van der Waals surface area contributed by atoms with Gasteiger partial charge in [0.1, 0.15) is 6.54 Å². The van der Waals surface area contributed by atoms with Gasteiger partial charge in [0.2, 0.25) is 0 Å². The molecule has 0 radical (unpaired) electrons. The number of nitro groups is 1. The largest absolute Gasteiger partial charge is 0.321 e. The summed E-state index contributed by atoms with van der Waals surface area (Å²) in [7, 11) is 0. The van der Waals surface area contributed by atoms with E-state index in [9.17, 15) is 14.9 Å². The highest BCUT2D eigenvalue weighted by Crippen LogP contribution is 2.24. The Labute approximate surface area is 150 Å². The number of aromatic nitrogens is 2. The van der Waals surface area contributed by atoms with Crippen molar-refractivity contribution in [3.05, 3.63) is 68.9 Å². The summed E-state index contributed by atoms with van der Waals surface area (Å²) < 4.78 is 2.09. The highest BCUT2D eigenvalue weighted by Gasteiger charge is 2.11. The molecule has 3 rings (SSSR count). The topological polar surface area (TPSA) is 102 Å².